The number of fused-ring (bicyclic) bond motifs is 2. The Kier molecular flexibility index (Phi) is 3.61. The first-order chi connectivity index (χ1) is 9.69. The Morgan fingerprint density at radius 1 is 1.40 bits per heavy atom. The summed E-state index contributed by atoms with van der Waals surface area (Å²) in [4.78, 5) is 18.9. The van der Waals surface area contributed by atoms with Crippen molar-refractivity contribution in [3.63, 3.8) is 0 Å². The van der Waals surface area contributed by atoms with Crippen LogP contribution >= 0.6 is 0 Å². The van der Waals surface area contributed by atoms with Gasteiger partial charge in [-0.15, -0.1) is 0 Å². The standard InChI is InChI=1S/C15H21N3O2/c1-2-16-14-6-3-10(9-17-14)15(20)18-11-4-5-12(18)8-13(19)7-11/h3,6,9,11-13,19H,2,4-5,7-8H2,1H3,(H,16,17). The third-order valence-electron chi connectivity index (χ3n) is 4.31. The molecule has 1 amide bonds. The highest BCUT2D eigenvalue weighted by molar-refractivity contribution is 5.94. The highest BCUT2D eigenvalue weighted by atomic mass is 16.3. The number of aliphatic hydroxyl groups excluding tert-OH is 1. The van der Waals surface area contributed by atoms with Crippen LogP contribution in [0, 0.1) is 0 Å². The van der Waals surface area contributed by atoms with Gasteiger partial charge in [-0.3, -0.25) is 4.79 Å². The Labute approximate surface area is 119 Å². The summed E-state index contributed by atoms with van der Waals surface area (Å²) < 4.78 is 0. The van der Waals surface area contributed by atoms with E-state index in [4.69, 9.17) is 0 Å². The van der Waals surface area contributed by atoms with E-state index in [-0.39, 0.29) is 24.1 Å². The first kappa shape index (κ1) is 13.4. The molecule has 20 heavy (non-hydrogen) atoms. The van der Waals surface area contributed by atoms with Crippen LogP contribution in [0.15, 0.2) is 18.3 Å². The van der Waals surface area contributed by atoms with Crippen molar-refractivity contribution in [2.24, 2.45) is 0 Å². The number of aromatic nitrogens is 1. The molecule has 2 aliphatic rings. The van der Waals surface area contributed by atoms with Crippen LogP contribution in [-0.2, 0) is 0 Å². The van der Waals surface area contributed by atoms with Gasteiger partial charge in [0.2, 0.25) is 0 Å². The maximum atomic E-state index is 12.6. The van der Waals surface area contributed by atoms with Gasteiger partial charge in [0.15, 0.2) is 0 Å². The Bertz CT molecular complexity index is 474. The molecule has 5 nitrogen and oxygen atoms in total. The predicted octanol–water partition coefficient (Wildman–Crippen LogP) is 1.64. The quantitative estimate of drug-likeness (QED) is 0.880. The molecule has 2 atom stereocenters. The van der Waals surface area contributed by atoms with Crippen LogP contribution < -0.4 is 5.32 Å². The first-order valence-electron chi connectivity index (χ1n) is 7.39. The van der Waals surface area contributed by atoms with Crippen LogP contribution in [0.5, 0.6) is 0 Å². The normalized spacial score (nSPS) is 28.5. The summed E-state index contributed by atoms with van der Waals surface area (Å²) in [6.07, 6.45) is 4.85. The number of rotatable bonds is 3. The van der Waals surface area contributed by atoms with E-state index in [1.54, 1.807) is 6.20 Å². The van der Waals surface area contributed by atoms with Gasteiger partial charge in [0, 0.05) is 24.8 Å². The highest BCUT2D eigenvalue weighted by Crippen LogP contribution is 2.36. The van der Waals surface area contributed by atoms with Crippen LogP contribution in [0.1, 0.15) is 43.0 Å². The van der Waals surface area contributed by atoms with Crippen molar-refractivity contribution in [2.45, 2.75) is 50.8 Å². The third kappa shape index (κ3) is 2.38. The van der Waals surface area contributed by atoms with Gasteiger partial charge < -0.3 is 15.3 Å². The van der Waals surface area contributed by atoms with Crippen molar-refractivity contribution in [1.82, 2.24) is 9.88 Å². The molecule has 2 N–H and O–H groups in total. The molecular weight excluding hydrogens is 254 g/mol. The first-order valence-corrected chi connectivity index (χ1v) is 7.39. The lowest BCUT2D eigenvalue weighted by Crippen LogP contribution is -2.48. The van der Waals surface area contributed by atoms with Crippen LogP contribution in [-0.4, -0.2) is 45.6 Å². The van der Waals surface area contributed by atoms with Gasteiger partial charge in [0.1, 0.15) is 5.82 Å². The van der Waals surface area contributed by atoms with E-state index < -0.39 is 0 Å². The van der Waals surface area contributed by atoms with Gasteiger partial charge in [0.25, 0.3) is 5.91 Å². The lowest BCUT2D eigenvalue weighted by Gasteiger charge is -2.37. The number of anilines is 1. The average Bonchev–Trinajstić information content (AvgIpc) is 2.71. The second-order valence-corrected chi connectivity index (χ2v) is 5.69. The Hall–Kier alpha value is -1.62. The highest BCUT2D eigenvalue weighted by Gasteiger charge is 2.42. The molecule has 2 unspecified atom stereocenters. The summed E-state index contributed by atoms with van der Waals surface area (Å²) in [5, 5.41) is 12.9. The Morgan fingerprint density at radius 2 is 2.10 bits per heavy atom. The molecule has 5 heteroatoms. The van der Waals surface area contributed by atoms with Gasteiger partial charge in [0.05, 0.1) is 11.7 Å². The molecule has 2 fully saturated rings. The second kappa shape index (κ2) is 5.40. The molecule has 1 aromatic heterocycles. The summed E-state index contributed by atoms with van der Waals surface area (Å²) >= 11 is 0. The summed E-state index contributed by atoms with van der Waals surface area (Å²) in [6, 6.07) is 4.07. The molecule has 0 radical (unpaired) electrons. The van der Waals surface area contributed by atoms with Crippen LogP contribution in [0.3, 0.4) is 0 Å². The number of carbonyl (C=O) groups is 1. The maximum absolute atomic E-state index is 12.6. The van der Waals surface area contributed by atoms with E-state index in [9.17, 15) is 9.90 Å². The molecular formula is C15H21N3O2. The number of hydrogen-bond donors (Lipinski definition) is 2. The number of amides is 1. The van der Waals surface area contributed by atoms with E-state index in [0.29, 0.717) is 18.4 Å². The Morgan fingerprint density at radius 3 is 2.65 bits per heavy atom. The molecule has 2 aliphatic heterocycles. The smallest absolute Gasteiger partial charge is 0.255 e. The number of carbonyl (C=O) groups excluding carboxylic acids is 1. The molecule has 0 saturated carbocycles. The van der Waals surface area contributed by atoms with E-state index in [1.165, 1.54) is 0 Å². The lowest BCUT2D eigenvalue weighted by atomic mass is 9.99. The number of nitrogens with one attached hydrogen (secondary N) is 1. The van der Waals surface area contributed by atoms with Crippen LogP contribution in [0.2, 0.25) is 0 Å². The van der Waals surface area contributed by atoms with Crippen LogP contribution in [0.4, 0.5) is 5.82 Å². The fraction of sp³-hybridized carbons (Fsp3) is 0.600. The number of aliphatic hydroxyl groups is 1. The van der Waals surface area contributed by atoms with E-state index in [1.807, 2.05) is 24.0 Å². The zero-order chi connectivity index (χ0) is 14.1. The monoisotopic (exact) mass is 275 g/mol. The minimum Gasteiger partial charge on any atom is -0.393 e. The lowest BCUT2D eigenvalue weighted by molar-refractivity contribution is 0.0286. The molecule has 108 valence electrons. The van der Waals surface area contributed by atoms with Gasteiger partial charge in [-0.1, -0.05) is 0 Å². The van der Waals surface area contributed by atoms with E-state index >= 15 is 0 Å². The number of nitrogens with zero attached hydrogens (tertiary/aromatic N) is 2. The van der Waals surface area contributed by atoms with Gasteiger partial charge in [-0.2, -0.15) is 0 Å². The van der Waals surface area contributed by atoms with Gasteiger partial charge in [-0.05, 0) is 44.7 Å². The number of hydrogen-bond acceptors (Lipinski definition) is 4. The molecule has 3 heterocycles. The Balaban J connectivity index is 1.76. The largest absolute Gasteiger partial charge is 0.393 e. The van der Waals surface area contributed by atoms with Crippen LogP contribution in [0.25, 0.3) is 0 Å². The number of piperidine rings is 1. The maximum Gasteiger partial charge on any atom is 0.255 e. The zero-order valence-electron chi connectivity index (χ0n) is 11.7. The molecule has 2 saturated heterocycles. The van der Waals surface area contributed by atoms with E-state index in [0.717, 1.165) is 25.2 Å². The van der Waals surface area contributed by atoms with E-state index in [2.05, 4.69) is 10.3 Å². The van der Waals surface area contributed by atoms with Crippen molar-refractivity contribution < 1.29 is 9.90 Å². The van der Waals surface area contributed by atoms with Crippen molar-refractivity contribution in [1.29, 1.82) is 0 Å². The summed E-state index contributed by atoms with van der Waals surface area (Å²) in [5.74, 6) is 0.848. The molecule has 0 spiro atoms. The fourth-order valence-corrected chi connectivity index (χ4v) is 3.44. The molecule has 0 aromatic carbocycles. The zero-order valence-corrected chi connectivity index (χ0v) is 11.7. The van der Waals surface area contributed by atoms with Crippen molar-refractivity contribution in [2.75, 3.05) is 11.9 Å². The predicted molar refractivity (Wildman–Crippen MR) is 76.6 cm³/mol. The average molecular weight is 275 g/mol. The summed E-state index contributed by atoms with van der Waals surface area (Å²) in [6.45, 7) is 2.83. The summed E-state index contributed by atoms with van der Waals surface area (Å²) in [7, 11) is 0. The van der Waals surface area contributed by atoms with Crippen molar-refractivity contribution in [3.05, 3.63) is 23.9 Å². The van der Waals surface area contributed by atoms with Crippen molar-refractivity contribution in [3.8, 4) is 0 Å². The minimum absolute atomic E-state index is 0.0555. The molecule has 2 bridgehead atoms. The minimum atomic E-state index is -0.245. The summed E-state index contributed by atoms with van der Waals surface area (Å²) in [5.41, 5.74) is 0.639. The fourth-order valence-electron chi connectivity index (χ4n) is 3.44. The van der Waals surface area contributed by atoms with Gasteiger partial charge >= 0.3 is 0 Å². The SMILES string of the molecule is CCNc1ccc(C(=O)N2C3CCC2CC(O)C3)cn1. The van der Waals surface area contributed by atoms with Gasteiger partial charge in [-0.25, -0.2) is 4.98 Å². The number of pyridine rings is 1. The molecule has 1 aromatic rings. The molecule has 0 aliphatic carbocycles. The molecule has 3 rings (SSSR count). The second-order valence-electron chi connectivity index (χ2n) is 5.69. The third-order valence-corrected chi connectivity index (χ3v) is 4.31. The topological polar surface area (TPSA) is 65.5 Å². The van der Waals surface area contributed by atoms with Crippen molar-refractivity contribution >= 4 is 11.7 Å².